The van der Waals surface area contributed by atoms with Crippen molar-refractivity contribution < 1.29 is 0 Å². The van der Waals surface area contributed by atoms with Gasteiger partial charge in [-0.2, -0.15) is 0 Å². The van der Waals surface area contributed by atoms with Gasteiger partial charge in [0, 0.05) is 13.1 Å². The summed E-state index contributed by atoms with van der Waals surface area (Å²) in [6, 6.07) is 0. The molecule has 0 amide bonds. The van der Waals surface area contributed by atoms with Crippen molar-refractivity contribution in [2.75, 3.05) is 39.3 Å². The van der Waals surface area contributed by atoms with E-state index in [1.165, 1.54) is 245 Å². The summed E-state index contributed by atoms with van der Waals surface area (Å²) in [6.07, 6.45) is 46.0. The first-order valence-electron chi connectivity index (χ1n) is 21.2. The fourth-order valence-electron chi connectivity index (χ4n) is 6.83. The molecule has 0 aromatic carbocycles. The molecule has 0 aromatic rings. The maximum atomic E-state index is 2.88. The van der Waals surface area contributed by atoms with Crippen LogP contribution < -0.4 is 0 Å². The van der Waals surface area contributed by atoms with Crippen LogP contribution in [0, 0.1) is 0 Å². The summed E-state index contributed by atoms with van der Waals surface area (Å²) in [4.78, 5) is 5.76. The van der Waals surface area contributed by atoms with E-state index in [2.05, 4.69) is 37.5 Å². The first-order valence-corrected chi connectivity index (χ1v) is 21.2. The lowest BCUT2D eigenvalue weighted by atomic mass is 10.1. The van der Waals surface area contributed by atoms with Gasteiger partial charge >= 0.3 is 0 Å². The molecule has 0 heterocycles. The number of hydrogen-bond acceptors (Lipinski definition) is 2. The summed E-state index contributed by atoms with van der Waals surface area (Å²) in [5, 5.41) is 0. The van der Waals surface area contributed by atoms with Gasteiger partial charge in [0.2, 0.25) is 0 Å². The minimum absolute atomic E-state index is 1.31. The number of nitrogens with zero attached hydrogens (tertiary/aromatic N) is 2. The zero-order valence-corrected chi connectivity index (χ0v) is 31.8. The molecule has 0 aromatic heterocycles. The zero-order chi connectivity index (χ0) is 32.0. The van der Waals surface area contributed by atoms with Crippen molar-refractivity contribution >= 4 is 0 Å². The fourth-order valence-corrected chi connectivity index (χ4v) is 6.83. The molecule has 0 rings (SSSR count). The van der Waals surface area contributed by atoms with Gasteiger partial charge in [-0.1, -0.05) is 207 Å². The summed E-state index contributed by atoms with van der Waals surface area (Å²) in [5.74, 6) is 0. The number of rotatable bonds is 39. The maximum Gasteiger partial charge on any atom is 0.0109 e. The molecule has 2 heteroatoms. The summed E-state index contributed by atoms with van der Waals surface area (Å²) in [6.45, 7) is 17.3. The minimum Gasteiger partial charge on any atom is -0.302 e. The van der Waals surface area contributed by atoms with Crippen LogP contribution in [-0.2, 0) is 0 Å². The van der Waals surface area contributed by atoms with Crippen LogP contribution in [0.25, 0.3) is 0 Å². The molecule has 0 atom stereocenters. The monoisotopic (exact) mass is 621 g/mol. The van der Waals surface area contributed by atoms with Crippen LogP contribution in [0.5, 0.6) is 0 Å². The Labute approximate surface area is 281 Å². The molecule has 0 aliphatic rings. The van der Waals surface area contributed by atoms with Gasteiger partial charge in [0.25, 0.3) is 0 Å². The number of hydrogen-bond donors (Lipinski definition) is 0. The first-order chi connectivity index (χ1) is 21.8. The molecule has 0 saturated carbocycles. The molecule has 44 heavy (non-hydrogen) atoms. The van der Waals surface area contributed by atoms with E-state index >= 15 is 0 Å². The van der Waals surface area contributed by atoms with Crippen LogP contribution in [-0.4, -0.2) is 49.1 Å². The van der Waals surface area contributed by atoms with Gasteiger partial charge in [-0.15, -0.1) is 0 Å². The van der Waals surface area contributed by atoms with E-state index < -0.39 is 0 Å². The van der Waals surface area contributed by atoms with E-state index in [1.54, 1.807) is 0 Å². The van der Waals surface area contributed by atoms with E-state index in [1.807, 2.05) is 0 Å². The molecule has 0 fully saturated rings. The Morgan fingerprint density at radius 3 is 0.523 bits per heavy atom. The second-order valence-corrected chi connectivity index (χ2v) is 14.6. The molecule has 0 N–H and O–H groups in total. The average Bonchev–Trinajstić information content (AvgIpc) is 3.03. The topological polar surface area (TPSA) is 6.48 Å². The molecule has 0 bridgehead atoms. The van der Waals surface area contributed by atoms with Gasteiger partial charge in [-0.3, -0.25) is 0 Å². The summed E-state index contributed by atoms with van der Waals surface area (Å²) in [7, 11) is 0. The lowest BCUT2D eigenvalue weighted by molar-refractivity contribution is 0.192. The normalized spacial score (nSPS) is 11.9. The van der Waals surface area contributed by atoms with Gasteiger partial charge < -0.3 is 9.80 Å². The fraction of sp³-hybridized carbons (Fsp3) is 1.00. The first kappa shape index (κ1) is 43.9. The predicted molar refractivity (Wildman–Crippen MR) is 203 cm³/mol. The van der Waals surface area contributed by atoms with Crippen molar-refractivity contribution in [1.29, 1.82) is 0 Å². The third kappa shape index (κ3) is 34.8. The van der Waals surface area contributed by atoms with Gasteiger partial charge in [0.05, 0.1) is 0 Å². The van der Waals surface area contributed by atoms with Crippen LogP contribution in [0.1, 0.15) is 233 Å². The Morgan fingerprint density at radius 1 is 0.182 bits per heavy atom. The third-order valence-corrected chi connectivity index (χ3v) is 10.0. The largest absolute Gasteiger partial charge is 0.302 e. The summed E-state index contributed by atoms with van der Waals surface area (Å²) >= 11 is 0. The van der Waals surface area contributed by atoms with Crippen molar-refractivity contribution in [2.24, 2.45) is 0 Å². The van der Waals surface area contributed by atoms with Crippen molar-refractivity contribution in [3.8, 4) is 0 Å². The van der Waals surface area contributed by atoms with Crippen LogP contribution in [0.3, 0.4) is 0 Å². The molecule has 0 unspecified atom stereocenters. The standard InChI is InChI=1S/C42H88N2/c1-5-9-13-17-21-25-29-33-37-43(38-34-30-26-22-18-14-10-6-2)41-42-44(39-35-31-27-23-19-15-11-7-3)40-36-32-28-24-20-16-12-8-4/h5-42H2,1-4H3. The molecule has 266 valence electrons. The molecule has 2 nitrogen and oxygen atoms in total. The van der Waals surface area contributed by atoms with Crippen molar-refractivity contribution in [2.45, 2.75) is 233 Å². The van der Waals surface area contributed by atoms with Crippen molar-refractivity contribution in [3.05, 3.63) is 0 Å². The van der Waals surface area contributed by atoms with Crippen molar-refractivity contribution in [1.82, 2.24) is 9.80 Å². The summed E-state index contributed by atoms with van der Waals surface area (Å²) < 4.78 is 0. The maximum absolute atomic E-state index is 2.88. The molecule has 0 aliphatic carbocycles. The Bertz CT molecular complexity index is 408. The highest BCUT2D eigenvalue weighted by Gasteiger charge is 2.10. The second kappa shape index (κ2) is 39.1. The van der Waals surface area contributed by atoms with Crippen LogP contribution in [0.2, 0.25) is 0 Å². The smallest absolute Gasteiger partial charge is 0.0109 e. The van der Waals surface area contributed by atoms with E-state index in [-0.39, 0.29) is 0 Å². The van der Waals surface area contributed by atoms with Crippen molar-refractivity contribution in [3.63, 3.8) is 0 Å². The summed E-state index contributed by atoms with van der Waals surface area (Å²) in [5.41, 5.74) is 0. The molecular weight excluding hydrogens is 532 g/mol. The SMILES string of the molecule is CCCCCCCCCCN(CCCCCCCCCC)CCN(CCCCCCCCCC)CCCCCCCCCC. The predicted octanol–water partition coefficient (Wildman–Crippen LogP) is 14.2. The molecule has 0 spiro atoms. The van der Waals surface area contributed by atoms with Crippen LogP contribution in [0.15, 0.2) is 0 Å². The zero-order valence-electron chi connectivity index (χ0n) is 31.8. The highest BCUT2D eigenvalue weighted by Crippen LogP contribution is 2.14. The Balaban J connectivity index is 4.61. The van der Waals surface area contributed by atoms with E-state index in [9.17, 15) is 0 Å². The lowest BCUT2D eigenvalue weighted by Crippen LogP contribution is -2.37. The van der Waals surface area contributed by atoms with Crippen LogP contribution in [0.4, 0.5) is 0 Å². The quantitative estimate of drug-likeness (QED) is 0.0631. The molecule has 0 aliphatic heterocycles. The van der Waals surface area contributed by atoms with E-state index in [0.717, 1.165) is 0 Å². The van der Waals surface area contributed by atoms with Gasteiger partial charge in [0.1, 0.15) is 0 Å². The molecular formula is C42H88N2. The van der Waals surface area contributed by atoms with E-state index in [0.29, 0.717) is 0 Å². The molecule has 0 saturated heterocycles. The second-order valence-electron chi connectivity index (χ2n) is 14.6. The van der Waals surface area contributed by atoms with Gasteiger partial charge in [-0.05, 0) is 51.9 Å². The Kier molecular flexibility index (Phi) is 39.0. The number of unbranched alkanes of at least 4 members (excludes halogenated alkanes) is 28. The highest BCUT2D eigenvalue weighted by atomic mass is 15.2. The Morgan fingerprint density at radius 2 is 0.341 bits per heavy atom. The van der Waals surface area contributed by atoms with Crippen LogP contribution >= 0.6 is 0 Å². The average molecular weight is 621 g/mol. The third-order valence-electron chi connectivity index (χ3n) is 10.0. The molecule has 0 radical (unpaired) electrons. The lowest BCUT2D eigenvalue weighted by Gasteiger charge is -2.28. The minimum atomic E-state index is 1.31. The Hall–Kier alpha value is -0.0800. The van der Waals surface area contributed by atoms with Gasteiger partial charge in [0.15, 0.2) is 0 Å². The van der Waals surface area contributed by atoms with Gasteiger partial charge in [-0.25, -0.2) is 0 Å². The highest BCUT2D eigenvalue weighted by molar-refractivity contribution is 4.66. The van der Waals surface area contributed by atoms with E-state index in [4.69, 9.17) is 0 Å².